The standard InChI is InChI=1S/C24H16F2N2O5/c1-2-32-24(31)28-20(12-22(29)17-10-18(25)19(26)11-21(17)28)14-5-7-16(8-6-14)33-23(30)15-4-3-9-27-13-15/h3-13H,2H2,1H3. The molecule has 0 spiro atoms. The van der Waals surface area contributed by atoms with Crippen molar-refractivity contribution in [3.63, 3.8) is 0 Å². The summed E-state index contributed by atoms with van der Waals surface area (Å²) in [4.78, 5) is 41.3. The number of benzene rings is 2. The summed E-state index contributed by atoms with van der Waals surface area (Å²) in [6, 6.07) is 11.8. The second-order valence-corrected chi connectivity index (χ2v) is 6.87. The number of ether oxygens (including phenoxy) is 2. The molecule has 0 aliphatic heterocycles. The fraction of sp³-hybridized carbons (Fsp3) is 0.0833. The average Bonchev–Trinajstić information content (AvgIpc) is 2.81. The van der Waals surface area contributed by atoms with E-state index in [0.717, 1.165) is 22.8 Å². The van der Waals surface area contributed by atoms with Gasteiger partial charge in [0.2, 0.25) is 0 Å². The van der Waals surface area contributed by atoms with Gasteiger partial charge in [0, 0.05) is 29.9 Å². The molecule has 0 fully saturated rings. The Bertz CT molecular complexity index is 1420. The minimum absolute atomic E-state index is 0.0266. The monoisotopic (exact) mass is 450 g/mol. The van der Waals surface area contributed by atoms with Crippen LogP contribution in [0.2, 0.25) is 0 Å². The number of aromatic nitrogens is 2. The molecule has 2 aromatic heterocycles. The third-order valence-electron chi connectivity index (χ3n) is 4.76. The SMILES string of the molecule is CCOC(=O)n1c(-c2ccc(OC(=O)c3cccnc3)cc2)cc(=O)c2cc(F)c(F)cc21. The molecule has 7 nitrogen and oxygen atoms in total. The lowest BCUT2D eigenvalue weighted by Gasteiger charge is -2.16. The molecule has 2 aromatic carbocycles. The highest BCUT2D eigenvalue weighted by Gasteiger charge is 2.20. The second kappa shape index (κ2) is 8.99. The van der Waals surface area contributed by atoms with Gasteiger partial charge in [0.05, 0.1) is 23.4 Å². The van der Waals surface area contributed by atoms with E-state index in [1.54, 1.807) is 19.1 Å². The summed E-state index contributed by atoms with van der Waals surface area (Å²) in [5.41, 5.74) is 0.00466. The van der Waals surface area contributed by atoms with Gasteiger partial charge in [-0.2, -0.15) is 0 Å². The first-order chi connectivity index (χ1) is 15.9. The number of rotatable bonds is 4. The number of hydrogen-bond acceptors (Lipinski definition) is 6. The smallest absolute Gasteiger partial charge is 0.418 e. The van der Waals surface area contributed by atoms with Gasteiger partial charge < -0.3 is 9.47 Å². The van der Waals surface area contributed by atoms with Gasteiger partial charge >= 0.3 is 12.1 Å². The van der Waals surface area contributed by atoms with Crippen molar-refractivity contribution < 1.29 is 27.8 Å². The van der Waals surface area contributed by atoms with Gasteiger partial charge in [0.15, 0.2) is 17.1 Å². The molecule has 0 amide bonds. The number of fused-ring (bicyclic) bond motifs is 1. The summed E-state index contributed by atoms with van der Waals surface area (Å²) in [7, 11) is 0. The quantitative estimate of drug-likeness (QED) is 0.335. The Hall–Kier alpha value is -4.40. The van der Waals surface area contributed by atoms with Gasteiger partial charge in [0.1, 0.15) is 5.75 Å². The predicted molar refractivity (Wildman–Crippen MR) is 115 cm³/mol. The molecule has 0 N–H and O–H groups in total. The van der Waals surface area contributed by atoms with E-state index in [1.165, 1.54) is 36.7 Å². The summed E-state index contributed by atoms with van der Waals surface area (Å²) in [5.74, 6) is -2.81. The second-order valence-electron chi connectivity index (χ2n) is 6.87. The number of carbonyl (C=O) groups excluding carboxylic acids is 2. The summed E-state index contributed by atoms with van der Waals surface area (Å²) >= 11 is 0. The van der Waals surface area contributed by atoms with E-state index in [4.69, 9.17) is 9.47 Å². The summed E-state index contributed by atoms with van der Waals surface area (Å²) in [5, 5.41) is -0.173. The summed E-state index contributed by atoms with van der Waals surface area (Å²) in [6.07, 6.45) is 2.03. The lowest BCUT2D eigenvalue weighted by atomic mass is 10.1. The largest absolute Gasteiger partial charge is 0.449 e. The third-order valence-corrected chi connectivity index (χ3v) is 4.76. The van der Waals surface area contributed by atoms with Crippen molar-refractivity contribution in [2.45, 2.75) is 6.92 Å². The van der Waals surface area contributed by atoms with Crippen LogP contribution in [0, 0.1) is 11.6 Å². The van der Waals surface area contributed by atoms with E-state index in [1.807, 2.05) is 0 Å². The molecule has 0 bridgehead atoms. The molecule has 4 rings (SSSR count). The van der Waals surface area contributed by atoms with E-state index in [-0.39, 0.29) is 34.5 Å². The Kier molecular flexibility index (Phi) is 5.95. The molecule has 0 unspecified atom stereocenters. The van der Waals surface area contributed by atoms with Crippen LogP contribution < -0.4 is 10.2 Å². The normalized spacial score (nSPS) is 10.8. The van der Waals surface area contributed by atoms with Gasteiger partial charge in [0.25, 0.3) is 0 Å². The number of halogens is 2. The maximum absolute atomic E-state index is 14.0. The van der Waals surface area contributed by atoms with Crippen molar-refractivity contribution in [3.8, 4) is 17.0 Å². The zero-order valence-corrected chi connectivity index (χ0v) is 17.2. The Morgan fingerprint density at radius 1 is 1.03 bits per heavy atom. The van der Waals surface area contributed by atoms with Crippen LogP contribution in [-0.2, 0) is 4.74 Å². The number of carbonyl (C=O) groups is 2. The zero-order chi connectivity index (χ0) is 23.5. The molecule has 0 aliphatic carbocycles. The van der Waals surface area contributed by atoms with Crippen LogP contribution >= 0.6 is 0 Å². The summed E-state index contributed by atoms with van der Waals surface area (Å²) < 4.78 is 39.0. The highest BCUT2D eigenvalue weighted by atomic mass is 19.2. The lowest BCUT2D eigenvalue weighted by Crippen LogP contribution is -2.20. The van der Waals surface area contributed by atoms with Gasteiger partial charge in [-0.25, -0.2) is 22.9 Å². The van der Waals surface area contributed by atoms with Crippen LogP contribution in [0.25, 0.3) is 22.2 Å². The van der Waals surface area contributed by atoms with Gasteiger partial charge in [-0.15, -0.1) is 0 Å². The Balaban J connectivity index is 1.78. The molecule has 0 atom stereocenters. The maximum atomic E-state index is 14.0. The molecule has 0 aliphatic rings. The molecule has 9 heteroatoms. The zero-order valence-electron chi connectivity index (χ0n) is 17.2. The van der Waals surface area contributed by atoms with E-state index in [9.17, 15) is 23.2 Å². The fourth-order valence-electron chi connectivity index (χ4n) is 3.26. The van der Waals surface area contributed by atoms with Crippen molar-refractivity contribution in [1.82, 2.24) is 9.55 Å². The van der Waals surface area contributed by atoms with Crippen LogP contribution in [0.5, 0.6) is 5.75 Å². The molecule has 33 heavy (non-hydrogen) atoms. The molecule has 4 aromatic rings. The van der Waals surface area contributed by atoms with Crippen molar-refractivity contribution in [1.29, 1.82) is 0 Å². The lowest BCUT2D eigenvalue weighted by molar-refractivity contribution is 0.0734. The number of esters is 1. The Morgan fingerprint density at radius 2 is 1.76 bits per heavy atom. The number of hydrogen-bond donors (Lipinski definition) is 0. The van der Waals surface area contributed by atoms with Crippen molar-refractivity contribution >= 4 is 23.0 Å². The first kappa shape index (κ1) is 21.8. The third kappa shape index (κ3) is 4.33. The van der Waals surface area contributed by atoms with Crippen LogP contribution in [0.1, 0.15) is 17.3 Å². The van der Waals surface area contributed by atoms with E-state index in [0.29, 0.717) is 5.56 Å². The van der Waals surface area contributed by atoms with Crippen LogP contribution in [0.4, 0.5) is 13.6 Å². The first-order valence-corrected chi connectivity index (χ1v) is 9.83. The summed E-state index contributed by atoms with van der Waals surface area (Å²) in [6.45, 7) is 1.62. The highest BCUT2D eigenvalue weighted by molar-refractivity contribution is 5.93. The fourth-order valence-corrected chi connectivity index (χ4v) is 3.26. The van der Waals surface area contributed by atoms with Crippen molar-refractivity contribution in [2.24, 2.45) is 0 Å². The van der Waals surface area contributed by atoms with Crippen LogP contribution in [0.15, 0.2) is 71.8 Å². The molecule has 0 radical (unpaired) electrons. The first-order valence-electron chi connectivity index (χ1n) is 9.83. The Labute approximate surface area is 185 Å². The average molecular weight is 450 g/mol. The predicted octanol–water partition coefficient (Wildman–Crippen LogP) is 4.57. The topological polar surface area (TPSA) is 87.5 Å². The van der Waals surface area contributed by atoms with Gasteiger partial charge in [-0.1, -0.05) is 0 Å². The maximum Gasteiger partial charge on any atom is 0.418 e. The van der Waals surface area contributed by atoms with Crippen LogP contribution in [0.3, 0.4) is 0 Å². The molecule has 166 valence electrons. The van der Waals surface area contributed by atoms with Gasteiger partial charge in [-0.3, -0.25) is 9.78 Å². The van der Waals surface area contributed by atoms with E-state index < -0.39 is 29.1 Å². The minimum atomic E-state index is -1.21. The molecule has 2 heterocycles. The molecular formula is C24H16F2N2O5. The number of pyridine rings is 2. The molecular weight excluding hydrogens is 434 g/mol. The minimum Gasteiger partial charge on any atom is -0.449 e. The van der Waals surface area contributed by atoms with Crippen LogP contribution in [-0.4, -0.2) is 28.2 Å². The Morgan fingerprint density at radius 3 is 2.42 bits per heavy atom. The van der Waals surface area contributed by atoms with Crippen molar-refractivity contribution in [2.75, 3.05) is 6.61 Å². The van der Waals surface area contributed by atoms with Gasteiger partial charge in [-0.05, 0) is 55.0 Å². The van der Waals surface area contributed by atoms with E-state index in [2.05, 4.69) is 4.98 Å². The highest BCUT2D eigenvalue weighted by Crippen LogP contribution is 2.27. The molecule has 0 saturated heterocycles. The molecule has 0 saturated carbocycles. The van der Waals surface area contributed by atoms with Crippen molar-refractivity contribution in [3.05, 3.63) is 94.4 Å². The number of nitrogens with zero attached hydrogens (tertiary/aromatic N) is 2. The van der Waals surface area contributed by atoms with E-state index >= 15 is 0 Å².